The molecule has 0 saturated heterocycles. The van der Waals surface area contributed by atoms with Crippen molar-refractivity contribution in [2.45, 2.75) is 58.8 Å². The van der Waals surface area contributed by atoms with Gasteiger partial charge in [0.05, 0.1) is 0 Å². The van der Waals surface area contributed by atoms with Gasteiger partial charge in [0, 0.05) is 0 Å². The van der Waals surface area contributed by atoms with Crippen LogP contribution in [0.25, 0.3) is 0 Å². The third-order valence-corrected chi connectivity index (χ3v) is 8.28. The molecule has 5 aliphatic carbocycles. The zero-order valence-electron chi connectivity index (χ0n) is 12.1. The van der Waals surface area contributed by atoms with Crippen LogP contribution >= 0.6 is 0 Å². The highest BCUT2D eigenvalue weighted by Crippen LogP contribution is 2.82. The van der Waals surface area contributed by atoms with Crippen LogP contribution < -0.4 is 0 Å². The van der Waals surface area contributed by atoms with Crippen LogP contribution in [0, 0.1) is 52.8 Å². The molecule has 0 aromatic carbocycles. The second-order valence-electron chi connectivity index (χ2n) is 8.86. The van der Waals surface area contributed by atoms with E-state index in [4.69, 9.17) is 0 Å². The monoisotopic (exact) mass is 244 g/mol. The van der Waals surface area contributed by atoms with Crippen LogP contribution in [0.3, 0.4) is 0 Å². The molecule has 0 N–H and O–H groups in total. The number of fused-ring (bicyclic) bond motifs is 3. The first-order chi connectivity index (χ1) is 8.71. The normalized spacial score (nSPS) is 68.3. The van der Waals surface area contributed by atoms with E-state index in [1.54, 1.807) is 32.1 Å². The van der Waals surface area contributed by atoms with Crippen molar-refractivity contribution in [2.24, 2.45) is 52.8 Å². The van der Waals surface area contributed by atoms with Crippen LogP contribution in [0.2, 0.25) is 0 Å². The third-order valence-electron chi connectivity index (χ3n) is 8.28. The van der Waals surface area contributed by atoms with E-state index in [0.717, 1.165) is 23.2 Å². The first-order valence-corrected chi connectivity index (χ1v) is 8.71. The molecule has 5 fully saturated rings. The fourth-order valence-electron chi connectivity index (χ4n) is 7.14. The molecule has 5 aliphatic rings. The lowest BCUT2D eigenvalue weighted by Gasteiger charge is -2.51. The van der Waals surface area contributed by atoms with Crippen molar-refractivity contribution in [2.75, 3.05) is 0 Å². The van der Waals surface area contributed by atoms with Gasteiger partial charge in [0.2, 0.25) is 0 Å². The minimum atomic E-state index is 0.911. The summed E-state index contributed by atoms with van der Waals surface area (Å²) in [6.45, 7) is 5.13. The van der Waals surface area contributed by atoms with E-state index in [2.05, 4.69) is 13.8 Å². The molecule has 5 rings (SSSR count). The van der Waals surface area contributed by atoms with Crippen LogP contribution in [0.5, 0.6) is 0 Å². The molecule has 9 atom stereocenters. The Morgan fingerprint density at radius 1 is 0.889 bits per heavy atom. The lowest BCUT2D eigenvalue weighted by molar-refractivity contribution is -0.0317. The summed E-state index contributed by atoms with van der Waals surface area (Å²) < 4.78 is 0. The molecule has 9 unspecified atom stereocenters. The SMILES string of the molecule is CC1CCCC(C2C3CC3CC23CC2CC23)C1C. The van der Waals surface area contributed by atoms with Crippen molar-refractivity contribution in [3.63, 3.8) is 0 Å². The molecule has 0 heterocycles. The maximum Gasteiger partial charge on any atom is -0.0227 e. The highest BCUT2D eigenvalue weighted by atomic mass is 14.8. The van der Waals surface area contributed by atoms with Gasteiger partial charge in [0.25, 0.3) is 0 Å². The van der Waals surface area contributed by atoms with Gasteiger partial charge >= 0.3 is 0 Å². The van der Waals surface area contributed by atoms with Crippen molar-refractivity contribution in [3.8, 4) is 0 Å². The molecule has 0 bridgehead atoms. The topological polar surface area (TPSA) is 0 Å². The zero-order chi connectivity index (χ0) is 12.1. The Bertz CT molecular complexity index is 385. The fraction of sp³-hybridized carbons (Fsp3) is 1.00. The molecule has 100 valence electrons. The van der Waals surface area contributed by atoms with Crippen LogP contribution in [-0.4, -0.2) is 0 Å². The van der Waals surface area contributed by atoms with Gasteiger partial charge in [0.1, 0.15) is 0 Å². The molecule has 0 aliphatic heterocycles. The first-order valence-electron chi connectivity index (χ1n) is 8.71. The first kappa shape index (κ1) is 10.7. The summed E-state index contributed by atoms with van der Waals surface area (Å²) in [5, 5.41) is 0. The second kappa shape index (κ2) is 3.18. The van der Waals surface area contributed by atoms with Crippen molar-refractivity contribution in [1.29, 1.82) is 0 Å². The average Bonchev–Trinajstić information content (AvgIpc) is 3.21. The van der Waals surface area contributed by atoms with E-state index >= 15 is 0 Å². The third kappa shape index (κ3) is 1.15. The zero-order valence-corrected chi connectivity index (χ0v) is 12.1. The van der Waals surface area contributed by atoms with E-state index < -0.39 is 0 Å². The van der Waals surface area contributed by atoms with Gasteiger partial charge in [0.15, 0.2) is 0 Å². The second-order valence-corrected chi connectivity index (χ2v) is 8.86. The predicted octanol–water partition coefficient (Wildman–Crippen LogP) is 4.74. The Hall–Kier alpha value is 0. The maximum atomic E-state index is 2.60. The van der Waals surface area contributed by atoms with Gasteiger partial charge < -0.3 is 0 Å². The summed E-state index contributed by atoms with van der Waals surface area (Å²) in [4.78, 5) is 0. The van der Waals surface area contributed by atoms with E-state index in [9.17, 15) is 0 Å². The Morgan fingerprint density at radius 3 is 2.44 bits per heavy atom. The Labute approximate surface area is 112 Å². The van der Waals surface area contributed by atoms with Gasteiger partial charge in [-0.05, 0) is 84.9 Å². The molecule has 0 amide bonds. The predicted molar refractivity (Wildman–Crippen MR) is 74.0 cm³/mol. The number of hydrogen-bond acceptors (Lipinski definition) is 0. The highest BCUT2D eigenvalue weighted by molar-refractivity contribution is 5.23. The van der Waals surface area contributed by atoms with E-state index in [0.29, 0.717) is 0 Å². The summed E-state index contributed by atoms with van der Waals surface area (Å²) in [5.41, 5.74) is 0.911. The lowest BCUT2D eigenvalue weighted by atomic mass is 9.53. The van der Waals surface area contributed by atoms with Crippen LogP contribution in [-0.2, 0) is 0 Å². The van der Waals surface area contributed by atoms with E-state index in [1.165, 1.54) is 42.4 Å². The smallest absolute Gasteiger partial charge is 0.0227 e. The van der Waals surface area contributed by atoms with Gasteiger partial charge in [-0.2, -0.15) is 0 Å². The minimum Gasteiger partial charge on any atom is -0.0622 e. The Morgan fingerprint density at radius 2 is 1.72 bits per heavy atom. The van der Waals surface area contributed by atoms with Crippen LogP contribution in [0.4, 0.5) is 0 Å². The lowest BCUT2D eigenvalue weighted by Crippen LogP contribution is -2.45. The molecule has 0 aromatic heterocycles. The molecule has 5 saturated carbocycles. The molecular formula is C18H28. The Kier molecular flexibility index (Phi) is 1.90. The average molecular weight is 244 g/mol. The van der Waals surface area contributed by atoms with Gasteiger partial charge in [-0.15, -0.1) is 0 Å². The summed E-state index contributed by atoms with van der Waals surface area (Å²) in [6.07, 6.45) is 11.2. The molecular weight excluding hydrogens is 216 g/mol. The summed E-state index contributed by atoms with van der Waals surface area (Å²) in [5.74, 6) is 9.16. The molecule has 0 nitrogen and oxygen atoms in total. The Balaban J connectivity index is 1.47. The van der Waals surface area contributed by atoms with E-state index in [1.807, 2.05) is 0 Å². The van der Waals surface area contributed by atoms with Crippen LogP contribution in [0.15, 0.2) is 0 Å². The van der Waals surface area contributed by atoms with Crippen molar-refractivity contribution < 1.29 is 0 Å². The van der Waals surface area contributed by atoms with Crippen LogP contribution in [0.1, 0.15) is 58.8 Å². The standard InChI is InChI=1S/C18H28/c1-10-4-3-5-14(11(10)2)17-15-6-12(15)8-18(17)9-13-7-16(13)18/h10-17H,3-9H2,1-2H3. The van der Waals surface area contributed by atoms with Gasteiger partial charge in [-0.3, -0.25) is 0 Å². The van der Waals surface area contributed by atoms with Crippen molar-refractivity contribution in [1.82, 2.24) is 0 Å². The fourth-order valence-corrected chi connectivity index (χ4v) is 7.14. The number of hydrogen-bond donors (Lipinski definition) is 0. The van der Waals surface area contributed by atoms with Crippen molar-refractivity contribution in [3.05, 3.63) is 0 Å². The van der Waals surface area contributed by atoms with Crippen molar-refractivity contribution >= 4 is 0 Å². The maximum absolute atomic E-state index is 2.60. The molecule has 0 heteroatoms. The summed E-state index contributed by atoms with van der Waals surface area (Å²) in [6, 6.07) is 0. The quantitative estimate of drug-likeness (QED) is 0.625. The van der Waals surface area contributed by atoms with Gasteiger partial charge in [-0.25, -0.2) is 0 Å². The molecule has 1 spiro atoms. The summed E-state index contributed by atoms with van der Waals surface area (Å²) in [7, 11) is 0. The molecule has 0 radical (unpaired) electrons. The number of rotatable bonds is 1. The molecule has 0 aromatic rings. The minimum absolute atomic E-state index is 0.911. The van der Waals surface area contributed by atoms with Gasteiger partial charge in [-0.1, -0.05) is 26.7 Å². The largest absolute Gasteiger partial charge is 0.0622 e. The van der Waals surface area contributed by atoms with E-state index in [-0.39, 0.29) is 0 Å². The summed E-state index contributed by atoms with van der Waals surface area (Å²) >= 11 is 0. The highest BCUT2D eigenvalue weighted by Gasteiger charge is 2.75. The molecule has 18 heavy (non-hydrogen) atoms.